The second-order valence-electron chi connectivity index (χ2n) is 10.2. The van der Waals surface area contributed by atoms with Crippen LogP contribution in [-0.4, -0.2) is 58.6 Å². The Morgan fingerprint density at radius 1 is 0.310 bits per heavy atom. The SMILES string of the molecule is [CH3][Sb]([O][Sn]([c]1ccccc1)([c]1ccccc1)[c]1ccccc1)[O][Sn]([c]1ccccc1)([c]1ccccc1)[c]1ccccc1. The molecule has 206 valence electrons. The maximum atomic E-state index is 7.74. The molecule has 0 saturated carbocycles. The second-order valence-corrected chi connectivity index (χ2v) is 38.4. The van der Waals surface area contributed by atoms with E-state index in [1.807, 2.05) is 0 Å². The van der Waals surface area contributed by atoms with Gasteiger partial charge in [0, 0.05) is 0 Å². The maximum absolute atomic E-state index is 7.74. The van der Waals surface area contributed by atoms with Crippen molar-refractivity contribution in [1.82, 2.24) is 0 Å². The van der Waals surface area contributed by atoms with Gasteiger partial charge in [-0.15, -0.1) is 0 Å². The fourth-order valence-electron chi connectivity index (χ4n) is 5.76. The molecule has 6 aromatic rings. The minimum absolute atomic E-state index is 1.31. The standard InChI is InChI=1S/6C6H5.CH3.2O.Sb.2Sn/c6*1-2-4-6-5-3-1;;;;;;/h6*1-5H;1H3;;;;;. The molecule has 2 nitrogen and oxygen atoms in total. The first kappa shape index (κ1) is 29.7. The summed E-state index contributed by atoms with van der Waals surface area (Å²) in [6.07, 6.45) is 0. The third kappa shape index (κ3) is 6.02. The van der Waals surface area contributed by atoms with Crippen LogP contribution in [0.1, 0.15) is 0 Å². The van der Waals surface area contributed by atoms with Gasteiger partial charge in [-0.05, 0) is 0 Å². The average molecular weight is 869 g/mol. The van der Waals surface area contributed by atoms with Crippen LogP contribution in [0.2, 0.25) is 4.87 Å². The molecule has 0 bridgehead atoms. The molecule has 0 radical (unpaired) electrons. The Bertz CT molecular complexity index is 1350. The normalized spacial score (nSPS) is 11.9. The van der Waals surface area contributed by atoms with Crippen molar-refractivity contribution in [2.24, 2.45) is 0 Å². The van der Waals surface area contributed by atoms with Gasteiger partial charge in [0.25, 0.3) is 0 Å². The van der Waals surface area contributed by atoms with Crippen molar-refractivity contribution in [3.8, 4) is 0 Å². The van der Waals surface area contributed by atoms with Gasteiger partial charge in [-0.3, -0.25) is 0 Å². The van der Waals surface area contributed by atoms with Crippen molar-refractivity contribution in [3.63, 3.8) is 0 Å². The summed E-state index contributed by atoms with van der Waals surface area (Å²) < 4.78 is 23.3. The van der Waals surface area contributed by atoms with Crippen LogP contribution in [0.5, 0.6) is 0 Å². The summed E-state index contributed by atoms with van der Waals surface area (Å²) in [5.74, 6) is 0. The van der Waals surface area contributed by atoms with Crippen LogP contribution in [0.25, 0.3) is 0 Å². The van der Waals surface area contributed by atoms with E-state index in [0.29, 0.717) is 0 Å². The van der Waals surface area contributed by atoms with Gasteiger partial charge in [0.05, 0.1) is 0 Å². The monoisotopic (exact) mass is 870 g/mol. The molecule has 6 aromatic carbocycles. The van der Waals surface area contributed by atoms with E-state index < -0.39 is 58.6 Å². The molecule has 0 amide bonds. The molecule has 6 rings (SSSR count). The van der Waals surface area contributed by atoms with E-state index in [9.17, 15) is 0 Å². The van der Waals surface area contributed by atoms with Crippen LogP contribution in [0.3, 0.4) is 0 Å². The van der Waals surface area contributed by atoms with Crippen LogP contribution >= 0.6 is 0 Å². The summed E-state index contributed by atoms with van der Waals surface area (Å²) >= 11 is -10.8. The summed E-state index contributed by atoms with van der Waals surface area (Å²) in [6.45, 7) is 0. The third-order valence-electron chi connectivity index (χ3n) is 7.61. The predicted molar refractivity (Wildman–Crippen MR) is 182 cm³/mol. The molecule has 0 saturated heterocycles. The zero-order chi connectivity index (χ0) is 28.7. The summed E-state index contributed by atoms with van der Waals surface area (Å²) in [7, 11) is 0. The third-order valence-corrected chi connectivity index (χ3v) is 50.6. The summed E-state index contributed by atoms with van der Waals surface area (Å²) in [5, 5.41) is 0. The average Bonchev–Trinajstić information content (AvgIpc) is 3.08. The molecular weight excluding hydrogens is 836 g/mol. The van der Waals surface area contributed by atoms with Gasteiger partial charge in [-0.25, -0.2) is 0 Å². The topological polar surface area (TPSA) is 18.5 Å². The Morgan fingerprint density at radius 3 is 0.643 bits per heavy atom. The van der Waals surface area contributed by atoms with Crippen LogP contribution in [0.4, 0.5) is 0 Å². The molecule has 0 unspecified atom stereocenters. The van der Waals surface area contributed by atoms with Gasteiger partial charge in [0.2, 0.25) is 0 Å². The summed E-state index contributed by atoms with van der Waals surface area (Å²) in [4.78, 5) is 2.30. The van der Waals surface area contributed by atoms with Gasteiger partial charge >= 0.3 is 270 Å². The fraction of sp³-hybridized carbons (Fsp3) is 0.0270. The van der Waals surface area contributed by atoms with Crippen molar-refractivity contribution in [3.05, 3.63) is 182 Å². The first-order valence-electron chi connectivity index (χ1n) is 14.2. The van der Waals surface area contributed by atoms with Crippen LogP contribution in [0, 0.1) is 0 Å². The molecule has 5 heteroatoms. The molecule has 0 aliphatic rings. The quantitative estimate of drug-likeness (QED) is 0.190. The Hall–Kier alpha value is -2.34. The Kier molecular flexibility index (Phi) is 9.88. The van der Waals surface area contributed by atoms with Crippen LogP contribution in [-0.2, 0) is 2.71 Å². The Balaban J connectivity index is 1.54. The fourth-order valence-corrected chi connectivity index (χ4v) is 59.3. The zero-order valence-corrected chi connectivity index (χ0v) is 31.8. The molecule has 42 heavy (non-hydrogen) atoms. The van der Waals surface area contributed by atoms with Gasteiger partial charge < -0.3 is 0 Å². The van der Waals surface area contributed by atoms with E-state index in [1.165, 1.54) is 21.5 Å². The zero-order valence-electron chi connectivity index (χ0n) is 23.6. The van der Waals surface area contributed by atoms with Gasteiger partial charge in [-0.2, -0.15) is 0 Å². The second kappa shape index (κ2) is 14.0. The van der Waals surface area contributed by atoms with Crippen molar-refractivity contribution in [2.45, 2.75) is 4.87 Å². The first-order chi connectivity index (χ1) is 20.7. The van der Waals surface area contributed by atoms with E-state index in [0.717, 1.165) is 0 Å². The molecule has 0 spiro atoms. The van der Waals surface area contributed by atoms with Crippen LogP contribution in [0.15, 0.2) is 182 Å². The van der Waals surface area contributed by atoms with E-state index in [1.54, 1.807) is 0 Å². The van der Waals surface area contributed by atoms with E-state index in [2.05, 4.69) is 187 Å². The molecule has 0 N–H and O–H groups in total. The van der Waals surface area contributed by atoms with Gasteiger partial charge in [0.15, 0.2) is 0 Å². The van der Waals surface area contributed by atoms with E-state index >= 15 is 0 Å². The predicted octanol–water partition coefficient (Wildman–Crippen LogP) is 4.47. The van der Waals surface area contributed by atoms with Crippen molar-refractivity contribution in [1.29, 1.82) is 0 Å². The van der Waals surface area contributed by atoms with E-state index in [-0.39, 0.29) is 0 Å². The van der Waals surface area contributed by atoms with Crippen molar-refractivity contribution >= 4 is 80.1 Å². The number of hydrogen-bond acceptors (Lipinski definition) is 2. The van der Waals surface area contributed by atoms with Gasteiger partial charge in [-0.1, -0.05) is 0 Å². The summed E-state index contributed by atoms with van der Waals surface area (Å²) in [5.41, 5.74) is 0. The van der Waals surface area contributed by atoms with Crippen LogP contribution < -0.4 is 21.5 Å². The minimum atomic E-state index is -3.97. The van der Waals surface area contributed by atoms with Gasteiger partial charge in [0.1, 0.15) is 0 Å². The first-order valence-corrected chi connectivity index (χ1v) is 29.7. The molecule has 0 aliphatic carbocycles. The number of benzene rings is 6. The molecular formula is C37H33O2SbSn2. The number of hydrogen-bond donors (Lipinski definition) is 0. The molecule has 0 aliphatic heterocycles. The Morgan fingerprint density at radius 2 is 0.476 bits per heavy atom. The molecule has 0 heterocycles. The molecule has 0 fully saturated rings. The Labute approximate surface area is 266 Å². The van der Waals surface area contributed by atoms with Crippen molar-refractivity contribution < 1.29 is 2.71 Å². The number of rotatable bonds is 10. The van der Waals surface area contributed by atoms with Crippen molar-refractivity contribution in [2.75, 3.05) is 0 Å². The summed E-state index contributed by atoms with van der Waals surface area (Å²) in [6, 6.07) is 65.6. The van der Waals surface area contributed by atoms with E-state index in [4.69, 9.17) is 2.71 Å². The molecule has 0 atom stereocenters. The molecule has 0 aromatic heterocycles.